The third-order valence-electron chi connectivity index (χ3n) is 2.49. The van der Waals surface area contributed by atoms with Gasteiger partial charge in [0.15, 0.2) is 0 Å². The first kappa shape index (κ1) is 15.8. The largest absolute Gasteiger partial charge is 0.491 e. The molecule has 0 spiro atoms. The molecule has 0 radical (unpaired) electrons. The first-order valence-electron chi connectivity index (χ1n) is 6.48. The third-order valence-corrected chi connectivity index (χ3v) is 3.14. The van der Waals surface area contributed by atoms with Crippen molar-refractivity contribution in [2.75, 3.05) is 19.7 Å². The van der Waals surface area contributed by atoms with Crippen molar-refractivity contribution in [2.45, 2.75) is 20.3 Å². The van der Waals surface area contributed by atoms with Crippen LogP contribution in [-0.2, 0) is 0 Å². The fourth-order valence-corrected chi connectivity index (χ4v) is 1.82. The van der Waals surface area contributed by atoms with E-state index in [2.05, 4.69) is 40.4 Å². The number of urea groups is 1. The fraction of sp³-hybridized carbons (Fsp3) is 0.500. The lowest BCUT2D eigenvalue weighted by Crippen LogP contribution is -2.38. The van der Waals surface area contributed by atoms with Crippen LogP contribution in [0.15, 0.2) is 28.7 Å². The van der Waals surface area contributed by atoms with E-state index in [4.69, 9.17) is 4.74 Å². The van der Waals surface area contributed by atoms with E-state index in [9.17, 15) is 4.79 Å². The lowest BCUT2D eigenvalue weighted by Gasteiger charge is -2.10. The van der Waals surface area contributed by atoms with Gasteiger partial charge in [-0.2, -0.15) is 0 Å². The van der Waals surface area contributed by atoms with Gasteiger partial charge in [0.1, 0.15) is 12.4 Å². The number of rotatable bonds is 7. The summed E-state index contributed by atoms with van der Waals surface area (Å²) in [6.07, 6.45) is 0.987. The standard InChI is InChI=1S/C14H21BrN2O2/c1-11(2)7-8-16-14(18)17-9-10-19-13-6-4-3-5-12(13)15/h3-6,11H,7-10H2,1-2H3,(H2,16,17,18). The first-order valence-corrected chi connectivity index (χ1v) is 7.28. The number of hydrogen-bond donors (Lipinski definition) is 2. The zero-order valence-electron chi connectivity index (χ0n) is 11.4. The Morgan fingerprint density at radius 3 is 2.63 bits per heavy atom. The number of nitrogens with one attached hydrogen (secondary N) is 2. The highest BCUT2D eigenvalue weighted by molar-refractivity contribution is 9.10. The van der Waals surface area contributed by atoms with Crippen molar-refractivity contribution in [3.05, 3.63) is 28.7 Å². The molecule has 0 atom stereocenters. The van der Waals surface area contributed by atoms with Crippen LogP contribution in [0.4, 0.5) is 4.79 Å². The summed E-state index contributed by atoms with van der Waals surface area (Å²) in [6.45, 7) is 5.89. The average molecular weight is 329 g/mol. The molecule has 4 nitrogen and oxygen atoms in total. The van der Waals surface area contributed by atoms with Crippen molar-refractivity contribution in [1.82, 2.24) is 10.6 Å². The van der Waals surface area contributed by atoms with Crippen LogP contribution in [0.1, 0.15) is 20.3 Å². The Hall–Kier alpha value is -1.23. The molecule has 1 aromatic carbocycles. The van der Waals surface area contributed by atoms with Crippen LogP contribution < -0.4 is 15.4 Å². The number of para-hydroxylation sites is 1. The van der Waals surface area contributed by atoms with Crippen molar-refractivity contribution in [3.8, 4) is 5.75 Å². The molecule has 0 aliphatic carbocycles. The van der Waals surface area contributed by atoms with Gasteiger partial charge in [0.2, 0.25) is 0 Å². The molecule has 2 N–H and O–H groups in total. The summed E-state index contributed by atoms with van der Waals surface area (Å²) in [5.41, 5.74) is 0. The number of benzene rings is 1. The van der Waals surface area contributed by atoms with Crippen molar-refractivity contribution < 1.29 is 9.53 Å². The number of amides is 2. The molecule has 19 heavy (non-hydrogen) atoms. The molecule has 0 fully saturated rings. The third kappa shape index (κ3) is 7.06. The molecular formula is C14H21BrN2O2. The molecule has 2 amide bonds. The number of carbonyl (C=O) groups excluding carboxylic acids is 1. The zero-order chi connectivity index (χ0) is 14.1. The van der Waals surface area contributed by atoms with Crippen LogP contribution in [0.25, 0.3) is 0 Å². The van der Waals surface area contributed by atoms with E-state index < -0.39 is 0 Å². The maximum absolute atomic E-state index is 11.4. The van der Waals surface area contributed by atoms with Gasteiger partial charge < -0.3 is 15.4 Å². The predicted octanol–water partition coefficient (Wildman–Crippen LogP) is 3.17. The van der Waals surface area contributed by atoms with Crippen LogP contribution in [0, 0.1) is 5.92 Å². The highest BCUT2D eigenvalue weighted by Crippen LogP contribution is 2.23. The van der Waals surface area contributed by atoms with Crippen molar-refractivity contribution in [2.24, 2.45) is 5.92 Å². The van der Waals surface area contributed by atoms with Crippen LogP contribution in [-0.4, -0.2) is 25.7 Å². The molecule has 106 valence electrons. The summed E-state index contributed by atoms with van der Waals surface area (Å²) in [7, 11) is 0. The molecule has 0 unspecified atom stereocenters. The van der Waals surface area contributed by atoms with Gasteiger partial charge in [0.25, 0.3) is 0 Å². The quantitative estimate of drug-likeness (QED) is 0.755. The minimum atomic E-state index is -0.142. The molecule has 0 aromatic heterocycles. The van der Waals surface area contributed by atoms with E-state index >= 15 is 0 Å². The molecule has 0 saturated heterocycles. The van der Waals surface area contributed by atoms with Gasteiger partial charge >= 0.3 is 6.03 Å². The molecule has 0 aliphatic rings. The van der Waals surface area contributed by atoms with Crippen molar-refractivity contribution in [1.29, 1.82) is 0 Å². The fourth-order valence-electron chi connectivity index (χ4n) is 1.42. The van der Waals surface area contributed by atoms with Crippen LogP contribution in [0.2, 0.25) is 0 Å². The average Bonchev–Trinajstić information content (AvgIpc) is 2.36. The highest BCUT2D eigenvalue weighted by atomic mass is 79.9. The Balaban J connectivity index is 2.10. The summed E-state index contributed by atoms with van der Waals surface area (Å²) >= 11 is 3.40. The summed E-state index contributed by atoms with van der Waals surface area (Å²) in [5, 5.41) is 5.56. The minimum absolute atomic E-state index is 0.142. The predicted molar refractivity (Wildman–Crippen MR) is 80.5 cm³/mol. The van der Waals surface area contributed by atoms with Crippen LogP contribution in [0.3, 0.4) is 0 Å². The highest BCUT2D eigenvalue weighted by Gasteiger charge is 2.01. The normalized spacial score (nSPS) is 10.3. The second-order valence-electron chi connectivity index (χ2n) is 4.64. The summed E-state index contributed by atoms with van der Waals surface area (Å²) < 4.78 is 6.45. The topological polar surface area (TPSA) is 50.4 Å². The SMILES string of the molecule is CC(C)CCNC(=O)NCCOc1ccccc1Br. The molecule has 1 aromatic rings. The van der Waals surface area contributed by atoms with Gasteiger partial charge in [-0.3, -0.25) is 0 Å². The van der Waals surface area contributed by atoms with Gasteiger partial charge in [-0.05, 0) is 40.4 Å². The lowest BCUT2D eigenvalue weighted by molar-refractivity contribution is 0.236. The van der Waals surface area contributed by atoms with Gasteiger partial charge in [-0.25, -0.2) is 4.79 Å². The molecule has 0 heterocycles. The zero-order valence-corrected chi connectivity index (χ0v) is 13.0. The molecular weight excluding hydrogens is 308 g/mol. The summed E-state index contributed by atoms with van der Waals surface area (Å²) in [5.74, 6) is 1.38. The first-order chi connectivity index (χ1) is 9.09. The summed E-state index contributed by atoms with van der Waals surface area (Å²) in [4.78, 5) is 11.4. The molecule has 5 heteroatoms. The van der Waals surface area contributed by atoms with E-state index in [-0.39, 0.29) is 6.03 Å². The molecule has 1 rings (SSSR count). The number of ether oxygens (including phenoxy) is 1. The molecule has 0 bridgehead atoms. The van der Waals surface area contributed by atoms with Crippen LogP contribution in [0.5, 0.6) is 5.75 Å². The maximum atomic E-state index is 11.4. The van der Waals surface area contributed by atoms with E-state index in [0.29, 0.717) is 25.6 Å². The maximum Gasteiger partial charge on any atom is 0.314 e. The van der Waals surface area contributed by atoms with Gasteiger partial charge in [0, 0.05) is 6.54 Å². The number of halogens is 1. The monoisotopic (exact) mass is 328 g/mol. The van der Waals surface area contributed by atoms with E-state index in [1.807, 2.05) is 24.3 Å². The Bertz CT molecular complexity index is 397. The van der Waals surface area contributed by atoms with Gasteiger partial charge in [-0.15, -0.1) is 0 Å². The smallest absolute Gasteiger partial charge is 0.314 e. The second-order valence-corrected chi connectivity index (χ2v) is 5.50. The van der Waals surface area contributed by atoms with E-state index in [0.717, 1.165) is 16.6 Å². The van der Waals surface area contributed by atoms with E-state index in [1.54, 1.807) is 0 Å². The van der Waals surface area contributed by atoms with Gasteiger partial charge in [-0.1, -0.05) is 26.0 Å². The number of carbonyl (C=O) groups is 1. The molecule has 0 saturated carbocycles. The summed E-state index contributed by atoms with van der Waals surface area (Å²) in [6, 6.07) is 7.49. The molecule has 0 aliphatic heterocycles. The van der Waals surface area contributed by atoms with Crippen LogP contribution >= 0.6 is 15.9 Å². The van der Waals surface area contributed by atoms with Gasteiger partial charge in [0.05, 0.1) is 11.0 Å². The Kier molecular flexibility index (Phi) is 7.33. The Labute approximate surface area is 123 Å². The Morgan fingerprint density at radius 2 is 1.95 bits per heavy atom. The Morgan fingerprint density at radius 1 is 1.26 bits per heavy atom. The van der Waals surface area contributed by atoms with E-state index in [1.165, 1.54) is 0 Å². The minimum Gasteiger partial charge on any atom is -0.491 e. The lowest BCUT2D eigenvalue weighted by atomic mass is 10.1. The second kappa shape index (κ2) is 8.80. The van der Waals surface area contributed by atoms with Crippen molar-refractivity contribution in [3.63, 3.8) is 0 Å². The number of hydrogen-bond acceptors (Lipinski definition) is 2. The van der Waals surface area contributed by atoms with Crippen molar-refractivity contribution >= 4 is 22.0 Å².